The number of hydrogen-bond acceptors (Lipinski definition) is 3. The number of alkyl halides is 3. The van der Waals surface area contributed by atoms with E-state index in [4.69, 9.17) is 10.5 Å². The van der Waals surface area contributed by atoms with Gasteiger partial charge in [-0.3, -0.25) is 4.90 Å². The molecule has 1 heterocycles. The minimum Gasteiger partial charge on any atom is -0.445 e. The zero-order valence-electron chi connectivity index (χ0n) is 11.3. The summed E-state index contributed by atoms with van der Waals surface area (Å²) in [6, 6.07) is 6.39. The first-order valence-electron chi connectivity index (χ1n) is 6.67. The Labute approximate surface area is 120 Å². The fourth-order valence-corrected chi connectivity index (χ4v) is 2.32. The van der Waals surface area contributed by atoms with Crippen LogP contribution in [0.1, 0.15) is 18.4 Å². The van der Waals surface area contributed by atoms with Crippen molar-refractivity contribution < 1.29 is 22.7 Å². The van der Waals surface area contributed by atoms with Crippen molar-refractivity contribution in [2.45, 2.75) is 37.7 Å². The first-order chi connectivity index (χ1) is 9.88. The number of piperidine rings is 1. The second-order valence-corrected chi connectivity index (χ2v) is 5.08. The highest BCUT2D eigenvalue weighted by Gasteiger charge is 2.48. The minimum absolute atomic E-state index is 0.0427. The van der Waals surface area contributed by atoms with Gasteiger partial charge in [0.1, 0.15) is 12.6 Å². The predicted octanol–water partition coefficient (Wildman–Crippen LogP) is 2.68. The predicted molar refractivity (Wildman–Crippen MR) is 70.4 cm³/mol. The summed E-state index contributed by atoms with van der Waals surface area (Å²) in [5, 5.41) is 0. The Bertz CT molecular complexity index is 479. The highest BCUT2D eigenvalue weighted by Crippen LogP contribution is 2.32. The van der Waals surface area contributed by atoms with Crippen LogP contribution in [-0.4, -0.2) is 35.8 Å². The van der Waals surface area contributed by atoms with E-state index in [1.165, 1.54) is 0 Å². The Morgan fingerprint density at radius 3 is 2.62 bits per heavy atom. The van der Waals surface area contributed by atoms with E-state index in [1.54, 1.807) is 30.3 Å². The summed E-state index contributed by atoms with van der Waals surface area (Å²) in [5.74, 6) is 0. The van der Waals surface area contributed by atoms with Crippen LogP contribution in [0.3, 0.4) is 0 Å². The third kappa shape index (κ3) is 4.10. The number of halogens is 3. The van der Waals surface area contributed by atoms with Crippen molar-refractivity contribution in [2.75, 3.05) is 6.54 Å². The lowest BCUT2D eigenvalue weighted by Crippen LogP contribution is -2.55. The fraction of sp³-hybridized carbons (Fsp3) is 0.500. The maximum absolute atomic E-state index is 13.0. The number of benzene rings is 1. The molecule has 1 fully saturated rings. The molecular formula is C14H17F3N2O2. The van der Waals surface area contributed by atoms with Crippen LogP contribution in [0.25, 0.3) is 0 Å². The van der Waals surface area contributed by atoms with Gasteiger partial charge < -0.3 is 10.5 Å². The largest absolute Gasteiger partial charge is 0.445 e. The van der Waals surface area contributed by atoms with E-state index in [2.05, 4.69) is 0 Å². The van der Waals surface area contributed by atoms with E-state index < -0.39 is 24.4 Å². The van der Waals surface area contributed by atoms with Crippen molar-refractivity contribution in [1.29, 1.82) is 0 Å². The molecule has 2 rings (SSSR count). The Morgan fingerprint density at radius 2 is 2.00 bits per heavy atom. The van der Waals surface area contributed by atoms with Gasteiger partial charge in [0.2, 0.25) is 0 Å². The molecule has 21 heavy (non-hydrogen) atoms. The summed E-state index contributed by atoms with van der Waals surface area (Å²) < 4.78 is 43.9. The van der Waals surface area contributed by atoms with Crippen LogP contribution in [0.5, 0.6) is 0 Å². The van der Waals surface area contributed by atoms with Gasteiger partial charge in [-0.15, -0.1) is 0 Å². The molecular weight excluding hydrogens is 285 g/mol. The third-order valence-electron chi connectivity index (χ3n) is 3.46. The highest BCUT2D eigenvalue weighted by atomic mass is 19.4. The summed E-state index contributed by atoms with van der Waals surface area (Å²) in [6.45, 7) is -0.0915. The number of likely N-dealkylation sites (tertiary alicyclic amines) is 1. The van der Waals surface area contributed by atoms with Crippen LogP contribution in [-0.2, 0) is 11.3 Å². The van der Waals surface area contributed by atoms with Gasteiger partial charge in [-0.2, -0.15) is 13.2 Å². The van der Waals surface area contributed by atoms with Crippen molar-refractivity contribution in [1.82, 2.24) is 4.90 Å². The molecule has 1 saturated heterocycles. The molecule has 4 nitrogen and oxygen atoms in total. The smallest absolute Gasteiger partial charge is 0.410 e. The number of nitrogens with zero attached hydrogens (tertiary/aromatic N) is 1. The summed E-state index contributed by atoms with van der Waals surface area (Å²) in [4.78, 5) is 12.6. The molecule has 1 aliphatic rings. The average Bonchev–Trinajstić information content (AvgIpc) is 2.45. The van der Waals surface area contributed by atoms with Crippen LogP contribution in [0, 0.1) is 0 Å². The van der Waals surface area contributed by atoms with E-state index in [1.807, 2.05) is 0 Å². The zero-order valence-corrected chi connectivity index (χ0v) is 11.3. The third-order valence-corrected chi connectivity index (χ3v) is 3.46. The number of amides is 1. The Kier molecular flexibility index (Phi) is 4.72. The second-order valence-electron chi connectivity index (χ2n) is 5.08. The minimum atomic E-state index is -4.50. The monoisotopic (exact) mass is 302 g/mol. The Hall–Kier alpha value is -1.76. The fourth-order valence-electron chi connectivity index (χ4n) is 2.32. The van der Waals surface area contributed by atoms with Gasteiger partial charge in [0, 0.05) is 12.6 Å². The lowest BCUT2D eigenvalue weighted by molar-refractivity contribution is -0.187. The van der Waals surface area contributed by atoms with Crippen LogP contribution in [0.15, 0.2) is 30.3 Å². The van der Waals surface area contributed by atoms with Gasteiger partial charge >= 0.3 is 12.3 Å². The molecule has 0 radical (unpaired) electrons. The molecule has 2 atom stereocenters. The summed E-state index contributed by atoms with van der Waals surface area (Å²) >= 11 is 0. The molecule has 7 heteroatoms. The van der Waals surface area contributed by atoms with E-state index in [0.29, 0.717) is 6.42 Å². The quantitative estimate of drug-likeness (QED) is 0.914. The normalized spacial score (nSPS) is 23.0. The van der Waals surface area contributed by atoms with Gasteiger partial charge in [0.25, 0.3) is 0 Å². The summed E-state index contributed by atoms with van der Waals surface area (Å²) in [6.07, 6.45) is -5.39. The van der Waals surface area contributed by atoms with Crippen molar-refractivity contribution in [3.05, 3.63) is 35.9 Å². The van der Waals surface area contributed by atoms with Crippen LogP contribution < -0.4 is 5.73 Å². The maximum atomic E-state index is 13.0. The molecule has 0 aromatic heterocycles. The van der Waals surface area contributed by atoms with Gasteiger partial charge in [-0.1, -0.05) is 30.3 Å². The lowest BCUT2D eigenvalue weighted by Gasteiger charge is -2.38. The number of hydrogen-bond donors (Lipinski definition) is 1. The first kappa shape index (κ1) is 15.6. The maximum Gasteiger partial charge on any atom is 0.410 e. The molecule has 0 aliphatic carbocycles. The van der Waals surface area contributed by atoms with Gasteiger partial charge in [0.05, 0.1) is 0 Å². The van der Waals surface area contributed by atoms with Crippen LogP contribution in [0.4, 0.5) is 18.0 Å². The molecule has 0 bridgehead atoms. The van der Waals surface area contributed by atoms with E-state index in [-0.39, 0.29) is 19.6 Å². The first-order valence-corrected chi connectivity index (χ1v) is 6.67. The van der Waals surface area contributed by atoms with E-state index >= 15 is 0 Å². The molecule has 0 unspecified atom stereocenters. The number of rotatable bonds is 2. The Morgan fingerprint density at radius 1 is 1.33 bits per heavy atom. The van der Waals surface area contributed by atoms with Gasteiger partial charge in [0.15, 0.2) is 0 Å². The van der Waals surface area contributed by atoms with Crippen molar-refractivity contribution in [3.63, 3.8) is 0 Å². The zero-order chi connectivity index (χ0) is 15.5. The van der Waals surface area contributed by atoms with Crippen molar-refractivity contribution >= 4 is 6.09 Å². The standard InChI is InChI=1S/C14H17F3N2O2/c15-14(16,17)12-8-11(18)6-7-19(12)13(20)21-9-10-4-2-1-3-5-10/h1-5,11-12H,6-9,18H2/t11-,12+/m1/s1. The Balaban J connectivity index is 1.99. The van der Waals surface area contributed by atoms with Crippen molar-refractivity contribution in [2.24, 2.45) is 5.73 Å². The second kappa shape index (κ2) is 6.34. The molecule has 1 aromatic carbocycles. The molecule has 0 spiro atoms. The molecule has 116 valence electrons. The average molecular weight is 302 g/mol. The number of carbonyl (C=O) groups excluding carboxylic acids is 1. The summed E-state index contributed by atoms with van der Waals surface area (Å²) in [5.41, 5.74) is 6.30. The SMILES string of the molecule is N[C@@H]1CCN(C(=O)OCc2ccccc2)[C@H](C(F)(F)F)C1. The van der Waals surface area contributed by atoms with Gasteiger partial charge in [-0.25, -0.2) is 4.79 Å². The van der Waals surface area contributed by atoms with Crippen LogP contribution >= 0.6 is 0 Å². The highest BCUT2D eigenvalue weighted by molar-refractivity contribution is 5.68. The van der Waals surface area contributed by atoms with Gasteiger partial charge in [-0.05, 0) is 18.4 Å². The topological polar surface area (TPSA) is 55.6 Å². The molecule has 2 N–H and O–H groups in total. The molecule has 1 aliphatic heterocycles. The number of nitrogens with two attached hydrogens (primary N) is 1. The van der Waals surface area contributed by atoms with E-state index in [9.17, 15) is 18.0 Å². The number of carbonyl (C=O) groups is 1. The van der Waals surface area contributed by atoms with E-state index in [0.717, 1.165) is 10.5 Å². The van der Waals surface area contributed by atoms with Crippen molar-refractivity contribution in [3.8, 4) is 0 Å². The lowest BCUT2D eigenvalue weighted by atomic mass is 9.98. The molecule has 1 amide bonds. The summed E-state index contributed by atoms with van der Waals surface area (Å²) in [7, 11) is 0. The molecule has 0 saturated carbocycles. The molecule has 1 aromatic rings. The van der Waals surface area contributed by atoms with Crippen LogP contribution in [0.2, 0.25) is 0 Å². The number of ether oxygens (including phenoxy) is 1.